The van der Waals surface area contributed by atoms with Crippen LogP contribution >= 0.6 is 0 Å². The predicted molar refractivity (Wildman–Crippen MR) is 134 cm³/mol. The van der Waals surface area contributed by atoms with Gasteiger partial charge in [-0.25, -0.2) is 8.42 Å². The highest BCUT2D eigenvalue weighted by Gasteiger charge is 2.30. The summed E-state index contributed by atoms with van der Waals surface area (Å²) in [5, 5.41) is 0. The predicted octanol–water partition coefficient (Wildman–Crippen LogP) is 5.19. The summed E-state index contributed by atoms with van der Waals surface area (Å²) >= 11 is 0. The number of ketones is 1. The summed E-state index contributed by atoms with van der Waals surface area (Å²) in [7, 11) is -3.56. The Balaban J connectivity index is 1.33. The minimum absolute atomic E-state index is 0.113. The van der Waals surface area contributed by atoms with Gasteiger partial charge in [-0.3, -0.25) is 9.59 Å². The van der Waals surface area contributed by atoms with Gasteiger partial charge in [0.05, 0.1) is 4.90 Å². The maximum absolute atomic E-state index is 13.0. The summed E-state index contributed by atoms with van der Waals surface area (Å²) in [6.07, 6.45) is 2.17. The molecule has 7 heteroatoms. The molecule has 0 N–H and O–H groups in total. The van der Waals surface area contributed by atoms with Gasteiger partial charge < -0.3 is 9.32 Å². The van der Waals surface area contributed by atoms with E-state index in [0.717, 1.165) is 12.0 Å². The van der Waals surface area contributed by atoms with E-state index in [1.54, 1.807) is 23.1 Å². The SMILES string of the molecule is CC(C)Cc1ccc(C(=O)C2CCN(C(=O)c3ccc(CS(=O)(=O)c4ccccc4)o3)CC2)cc1. The van der Waals surface area contributed by atoms with Crippen molar-refractivity contribution in [3.8, 4) is 0 Å². The number of rotatable bonds is 8. The van der Waals surface area contributed by atoms with E-state index in [2.05, 4.69) is 13.8 Å². The van der Waals surface area contributed by atoms with E-state index in [1.165, 1.54) is 29.8 Å². The number of carbonyl (C=O) groups is 2. The van der Waals surface area contributed by atoms with Gasteiger partial charge >= 0.3 is 0 Å². The van der Waals surface area contributed by atoms with E-state index in [4.69, 9.17) is 4.42 Å². The summed E-state index contributed by atoms with van der Waals surface area (Å²) in [5.74, 6) is 0.334. The van der Waals surface area contributed by atoms with Crippen LogP contribution in [0.25, 0.3) is 0 Å². The highest BCUT2D eigenvalue weighted by Crippen LogP contribution is 2.25. The third-order valence-corrected chi connectivity index (χ3v) is 8.00. The number of piperidine rings is 1. The van der Waals surface area contributed by atoms with Gasteiger partial charge in [-0.15, -0.1) is 0 Å². The van der Waals surface area contributed by atoms with Crippen molar-refractivity contribution in [1.82, 2.24) is 4.90 Å². The highest BCUT2D eigenvalue weighted by molar-refractivity contribution is 7.90. The molecule has 0 saturated carbocycles. The van der Waals surface area contributed by atoms with Gasteiger partial charge in [-0.2, -0.15) is 0 Å². The Labute approximate surface area is 206 Å². The van der Waals surface area contributed by atoms with Crippen LogP contribution in [0.15, 0.2) is 76.0 Å². The molecule has 1 fully saturated rings. The first-order valence-corrected chi connectivity index (χ1v) is 13.7. The zero-order valence-electron chi connectivity index (χ0n) is 20.1. The molecule has 0 spiro atoms. The molecule has 184 valence electrons. The molecule has 1 amide bonds. The third-order valence-electron chi connectivity index (χ3n) is 6.34. The van der Waals surface area contributed by atoms with Crippen LogP contribution in [0.5, 0.6) is 0 Å². The number of furan rings is 1. The summed E-state index contributed by atoms with van der Waals surface area (Å²) in [4.78, 5) is 27.8. The molecule has 0 bridgehead atoms. The van der Waals surface area contributed by atoms with Crippen molar-refractivity contribution >= 4 is 21.5 Å². The summed E-state index contributed by atoms with van der Waals surface area (Å²) < 4.78 is 30.8. The minimum Gasteiger partial charge on any atom is -0.455 e. The molecule has 0 radical (unpaired) electrons. The molecule has 0 atom stereocenters. The van der Waals surface area contributed by atoms with Crippen molar-refractivity contribution in [2.75, 3.05) is 13.1 Å². The lowest BCUT2D eigenvalue weighted by molar-refractivity contribution is 0.0623. The first-order chi connectivity index (χ1) is 16.7. The Bertz CT molecular complexity index is 1270. The Morgan fingerprint density at radius 3 is 2.23 bits per heavy atom. The highest BCUT2D eigenvalue weighted by atomic mass is 32.2. The third kappa shape index (κ3) is 6.09. The zero-order valence-corrected chi connectivity index (χ0v) is 21.0. The van der Waals surface area contributed by atoms with Crippen molar-refractivity contribution in [2.45, 2.75) is 43.8 Å². The molecule has 2 heterocycles. The summed E-state index contributed by atoms with van der Waals surface area (Å²) in [5.41, 5.74) is 1.95. The molecule has 3 aromatic rings. The largest absolute Gasteiger partial charge is 0.455 e. The lowest BCUT2D eigenvalue weighted by Gasteiger charge is -2.30. The van der Waals surface area contributed by atoms with E-state index < -0.39 is 9.84 Å². The summed E-state index contributed by atoms with van der Waals surface area (Å²) in [6, 6.07) is 19.1. The lowest BCUT2D eigenvalue weighted by Crippen LogP contribution is -2.40. The molecule has 0 unspecified atom stereocenters. The van der Waals surface area contributed by atoms with Crippen LogP contribution in [0.3, 0.4) is 0 Å². The second kappa shape index (κ2) is 10.6. The number of sulfone groups is 1. The van der Waals surface area contributed by atoms with E-state index in [0.29, 0.717) is 31.8 Å². The maximum atomic E-state index is 13.0. The van der Waals surface area contributed by atoms with Crippen molar-refractivity contribution < 1.29 is 22.4 Å². The average Bonchev–Trinajstić information content (AvgIpc) is 3.31. The zero-order chi connectivity index (χ0) is 25.0. The van der Waals surface area contributed by atoms with Gasteiger partial charge in [0.2, 0.25) is 0 Å². The second-order valence-corrected chi connectivity index (χ2v) is 11.6. The number of Topliss-reactive ketones (excluding diaryl/α,β-unsaturated/α-hetero) is 1. The van der Waals surface area contributed by atoms with Crippen LogP contribution in [0.1, 0.15) is 58.9 Å². The van der Waals surface area contributed by atoms with E-state index in [1.807, 2.05) is 24.3 Å². The quantitative estimate of drug-likeness (QED) is 0.403. The molecule has 1 aromatic heterocycles. The minimum atomic E-state index is -3.56. The Morgan fingerprint density at radius 1 is 0.943 bits per heavy atom. The fourth-order valence-electron chi connectivity index (χ4n) is 4.48. The Hall–Kier alpha value is -3.19. The van der Waals surface area contributed by atoms with E-state index in [9.17, 15) is 18.0 Å². The molecule has 2 aromatic carbocycles. The van der Waals surface area contributed by atoms with Gasteiger partial charge in [-0.05, 0) is 55.0 Å². The molecule has 1 aliphatic heterocycles. The van der Waals surface area contributed by atoms with Gasteiger partial charge in [0.25, 0.3) is 5.91 Å². The summed E-state index contributed by atoms with van der Waals surface area (Å²) in [6.45, 7) is 5.26. The number of likely N-dealkylation sites (tertiary alicyclic amines) is 1. The van der Waals surface area contributed by atoms with Crippen LogP contribution in [0.4, 0.5) is 0 Å². The van der Waals surface area contributed by atoms with Crippen molar-refractivity contribution in [1.29, 1.82) is 0 Å². The number of benzene rings is 2. The van der Waals surface area contributed by atoms with Crippen LogP contribution in [-0.4, -0.2) is 38.1 Å². The number of hydrogen-bond donors (Lipinski definition) is 0. The molecular weight excluding hydrogens is 462 g/mol. The first kappa shape index (κ1) is 24.9. The monoisotopic (exact) mass is 493 g/mol. The Morgan fingerprint density at radius 2 is 1.60 bits per heavy atom. The molecule has 35 heavy (non-hydrogen) atoms. The van der Waals surface area contributed by atoms with Crippen LogP contribution < -0.4 is 0 Å². The van der Waals surface area contributed by atoms with Crippen LogP contribution in [0, 0.1) is 11.8 Å². The number of carbonyl (C=O) groups excluding carboxylic acids is 2. The standard InChI is InChI=1S/C28H31NO5S/c1-20(2)18-21-8-10-22(11-9-21)27(30)23-14-16-29(17-15-23)28(31)26-13-12-24(34-26)19-35(32,33)25-6-4-3-5-7-25/h3-13,20,23H,14-19H2,1-2H3. The molecule has 1 saturated heterocycles. The van der Waals surface area contributed by atoms with Crippen LogP contribution in [-0.2, 0) is 22.0 Å². The molecule has 6 nitrogen and oxygen atoms in total. The van der Waals surface area contributed by atoms with Gasteiger partial charge in [0.1, 0.15) is 11.5 Å². The molecule has 0 aliphatic carbocycles. The van der Waals surface area contributed by atoms with E-state index in [-0.39, 0.29) is 39.8 Å². The fraction of sp³-hybridized carbons (Fsp3) is 0.357. The number of hydrogen-bond acceptors (Lipinski definition) is 5. The van der Waals surface area contributed by atoms with Gasteiger partial charge in [0, 0.05) is 24.6 Å². The van der Waals surface area contributed by atoms with Crippen molar-refractivity contribution in [3.63, 3.8) is 0 Å². The second-order valence-electron chi connectivity index (χ2n) is 9.56. The van der Waals surface area contributed by atoms with Crippen LogP contribution in [0.2, 0.25) is 0 Å². The topological polar surface area (TPSA) is 84.7 Å². The van der Waals surface area contributed by atoms with E-state index >= 15 is 0 Å². The maximum Gasteiger partial charge on any atom is 0.289 e. The van der Waals surface area contributed by atoms with Gasteiger partial charge in [0.15, 0.2) is 21.4 Å². The number of amides is 1. The molecule has 1 aliphatic rings. The van der Waals surface area contributed by atoms with Gasteiger partial charge in [-0.1, -0.05) is 56.3 Å². The average molecular weight is 494 g/mol. The lowest BCUT2D eigenvalue weighted by atomic mass is 9.88. The molecular formula is C28H31NO5S. The fourth-order valence-corrected chi connectivity index (χ4v) is 5.75. The van der Waals surface area contributed by atoms with Crippen molar-refractivity contribution in [2.24, 2.45) is 11.8 Å². The van der Waals surface area contributed by atoms with Crippen molar-refractivity contribution in [3.05, 3.63) is 89.4 Å². The number of nitrogens with zero attached hydrogens (tertiary/aromatic N) is 1. The first-order valence-electron chi connectivity index (χ1n) is 12.0. The molecule has 4 rings (SSSR count). The smallest absolute Gasteiger partial charge is 0.289 e. The Kier molecular flexibility index (Phi) is 7.55. The normalized spacial score (nSPS) is 14.9.